The second-order valence-corrected chi connectivity index (χ2v) is 3.68. The lowest BCUT2D eigenvalue weighted by Gasteiger charge is -2.08. The summed E-state index contributed by atoms with van der Waals surface area (Å²) in [7, 11) is 0. The van der Waals surface area contributed by atoms with E-state index in [1.165, 1.54) is 12.1 Å². The van der Waals surface area contributed by atoms with E-state index in [0.29, 0.717) is 12.5 Å². The van der Waals surface area contributed by atoms with Crippen LogP contribution in [0.15, 0.2) is 29.3 Å². The van der Waals surface area contributed by atoms with Gasteiger partial charge in [0.2, 0.25) is 5.96 Å². The SMILES string of the molecule is CCCN=C(NN)NCCc1cccc(F)c1. The molecule has 0 amide bonds. The summed E-state index contributed by atoms with van der Waals surface area (Å²) in [5, 5.41) is 3.06. The van der Waals surface area contributed by atoms with E-state index in [1.54, 1.807) is 6.07 Å². The fourth-order valence-electron chi connectivity index (χ4n) is 1.39. The van der Waals surface area contributed by atoms with Gasteiger partial charge in [-0.05, 0) is 30.5 Å². The summed E-state index contributed by atoms with van der Waals surface area (Å²) in [5.74, 6) is 5.68. The highest BCUT2D eigenvalue weighted by Crippen LogP contribution is 2.03. The van der Waals surface area contributed by atoms with Gasteiger partial charge in [0, 0.05) is 13.1 Å². The standard InChI is InChI=1S/C12H19FN4/c1-2-7-15-12(17-14)16-8-6-10-4-3-5-11(13)9-10/h3-5,9H,2,6-8,14H2,1H3,(H2,15,16,17). The van der Waals surface area contributed by atoms with Gasteiger partial charge in [-0.2, -0.15) is 0 Å². The lowest BCUT2D eigenvalue weighted by Crippen LogP contribution is -2.42. The molecule has 0 aliphatic heterocycles. The minimum atomic E-state index is -0.209. The highest BCUT2D eigenvalue weighted by molar-refractivity contribution is 5.79. The molecule has 0 aliphatic carbocycles. The van der Waals surface area contributed by atoms with Gasteiger partial charge in [0.1, 0.15) is 5.82 Å². The van der Waals surface area contributed by atoms with Gasteiger partial charge in [0.15, 0.2) is 0 Å². The van der Waals surface area contributed by atoms with E-state index >= 15 is 0 Å². The first-order valence-corrected chi connectivity index (χ1v) is 5.75. The third-order valence-electron chi connectivity index (χ3n) is 2.23. The second kappa shape index (κ2) is 7.62. The summed E-state index contributed by atoms with van der Waals surface area (Å²) >= 11 is 0. The Kier molecular flexibility index (Phi) is 6.03. The smallest absolute Gasteiger partial charge is 0.205 e. The van der Waals surface area contributed by atoms with Gasteiger partial charge in [0.05, 0.1) is 0 Å². The molecule has 0 saturated carbocycles. The molecular formula is C12H19FN4. The number of aliphatic imine (C=N–C) groups is 1. The van der Waals surface area contributed by atoms with Crippen LogP contribution in [-0.4, -0.2) is 19.0 Å². The number of halogens is 1. The summed E-state index contributed by atoms with van der Waals surface area (Å²) in [4.78, 5) is 4.20. The molecule has 0 fully saturated rings. The van der Waals surface area contributed by atoms with Gasteiger partial charge >= 0.3 is 0 Å². The summed E-state index contributed by atoms with van der Waals surface area (Å²) in [5.41, 5.74) is 3.45. The van der Waals surface area contributed by atoms with Crippen molar-refractivity contribution in [3.05, 3.63) is 35.6 Å². The summed E-state index contributed by atoms with van der Waals surface area (Å²) < 4.78 is 12.9. The Bertz CT molecular complexity index is 365. The molecule has 0 unspecified atom stereocenters. The fraction of sp³-hybridized carbons (Fsp3) is 0.417. The zero-order chi connectivity index (χ0) is 12.5. The third-order valence-corrected chi connectivity index (χ3v) is 2.23. The van der Waals surface area contributed by atoms with Crippen molar-refractivity contribution in [1.82, 2.24) is 10.7 Å². The van der Waals surface area contributed by atoms with E-state index in [0.717, 1.165) is 24.9 Å². The summed E-state index contributed by atoms with van der Waals surface area (Å²) in [6, 6.07) is 6.56. The Hall–Kier alpha value is -1.62. The molecule has 17 heavy (non-hydrogen) atoms. The van der Waals surface area contributed by atoms with E-state index < -0.39 is 0 Å². The monoisotopic (exact) mass is 238 g/mol. The topological polar surface area (TPSA) is 62.4 Å². The number of nitrogens with zero attached hydrogens (tertiary/aromatic N) is 1. The number of hydrazine groups is 1. The van der Waals surface area contributed by atoms with E-state index in [9.17, 15) is 4.39 Å². The Morgan fingerprint density at radius 1 is 1.47 bits per heavy atom. The van der Waals surface area contributed by atoms with Gasteiger partial charge in [0.25, 0.3) is 0 Å². The molecule has 0 radical (unpaired) electrons. The van der Waals surface area contributed by atoms with Crippen molar-refractivity contribution >= 4 is 5.96 Å². The molecular weight excluding hydrogens is 219 g/mol. The molecule has 94 valence electrons. The average Bonchev–Trinajstić information content (AvgIpc) is 2.33. The highest BCUT2D eigenvalue weighted by Gasteiger charge is 1.97. The summed E-state index contributed by atoms with van der Waals surface area (Å²) in [6.07, 6.45) is 1.70. The van der Waals surface area contributed by atoms with E-state index in [4.69, 9.17) is 5.84 Å². The van der Waals surface area contributed by atoms with Gasteiger partial charge in [-0.15, -0.1) is 0 Å². The second-order valence-electron chi connectivity index (χ2n) is 3.68. The minimum absolute atomic E-state index is 0.209. The van der Waals surface area contributed by atoms with Crippen LogP contribution in [0.2, 0.25) is 0 Å². The fourth-order valence-corrected chi connectivity index (χ4v) is 1.39. The van der Waals surface area contributed by atoms with Crippen LogP contribution in [0.1, 0.15) is 18.9 Å². The lowest BCUT2D eigenvalue weighted by molar-refractivity contribution is 0.625. The quantitative estimate of drug-likeness (QED) is 0.312. The Balaban J connectivity index is 2.36. The first-order valence-electron chi connectivity index (χ1n) is 5.75. The van der Waals surface area contributed by atoms with Crippen molar-refractivity contribution < 1.29 is 4.39 Å². The molecule has 5 heteroatoms. The molecule has 4 nitrogen and oxygen atoms in total. The molecule has 0 aliphatic rings. The van der Waals surface area contributed by atoms with E-state index in [1.807, 2.05) is 13.0 Å². The van der Waals surface area contributed by atoms with Crippen molar-refractivity contribution in [3.8, 4) is 0 Å². The maximum Gasteiger partial charge on any atom is 0.205 e. The zero-order valence-corrected chi connectivity index (χ0v) is 10.0. The van der Waals surface area contributed by atoms with Crippen LogP contribution < -0.4 is 16.6 Å². The van der Waals surface area contributed by atoms with Crippen LogP contribution in [0.5, 0.6) is 0 Å². The predicted molar refractivity (Wildman–Crippen MR) is 68.0 cm³/mol. The maximum absolute atomic E-state index is 12.9. The number of hydrogen-bond acceptors (Lipinski definition) is 2. The molecule has 0 heterocycles. The number of guanidine groups is 1. The van der Waals surface area contributed by atoms with Gasteiger partial charge < -0.3 is 5.32 Å². The van der Waals surface area contributed by atoms with Crippen molar-refractivity contribution in [3.63, 3.8) is 0 Å². The van der Waals surface area contributed by atoms with Gasteiger partial charge in [-0.3, -0.25) is 10.4 Å². The Labute approximate surface area is 101 Å². The van der Waals surface area contributed by atoms with Crippen LogP contribution in [0.4, 0.5) is 4.39 Å². The van der Waals surface area contributed by atoms with Crippen LogP contribution in [-0.2, 0) is 6.42 Å². The first-order chi connectivity index (χ1) is 8.26. The van der Waals surface area contributed by atoms with Gasteiger partial charge in [-0.25, -0.2) is 10.2 Å². The largest absolute Gasteiger partial charge is 0.355 e. The molecule has 0 aromatic heterocycles. The molecule has 0 bridgehead atoms. The van der Waals surface area contributed by atoms with E-state index in [-0.39, 0.29) is 5.82 Å². The molecule has 1 rings (SSSR count). The molecule has 1 aromatic carbocycles. The minimum Gasteiger partial charge on any atom is -0.355 e. The molecule has 4 N–H and O–H groups in total. The van der Waals surface area contributed by atoms with Gasteiger partial charge in [-0.1, -0.05) is 19.1 Å². The van der Waals surface area contributed by atoms with Crippen LogP contribution >= 0.6 is 0 Å². The van der Waals surface area contributed by atoms with Crippen molar-refractivity contribution in [2.75, 3.05) is 13.1 Å². The molecule has 0 saturated heterocycles. The van der Waals surface area contributed by atoms with Crippen molar-refractivity contribution in [2.24, 2.45) is 10.8 Å². The number of rotatable bonds is 5. The Morgan fingerprint density at radius 3 is 2.94 bits per heavy atom. The maximum atomic E-state index is 12.9. The number of nitrogens with two attached hydrogens (primary N) is 1. The Morgan fingerprint density at radius 2 is 2.29 bits per heavy atom. The highest BCUT2D eigenvalue weighted by atomic mass is 19.1. The first kappa shape index (κ1) is 13.4. The molecule has 0 atom stereocenters. The van der Waals surface area contributed by atoms with Crippen molar-refractivity contribution in [1.29, 1.82) is 0 Å². The predicted octanol–water partition coefficient (Wildman–Crippen LogP) is 1.19. The third kappa shape index (κ3) is 5.31. The van der Waals surface area contributed by atoms with Crippen molar-refractivity contribution in [2.45, 2.75) is 19.8 Å². The molecule has 1 aromatic rings. The number of hydrogen-bond donors (Lipinski definition) is 3. The lowest BCUT2D eigenvalue weighted by atomic mass is 10.1. The van der Waals surface area contributed by atoms with Crippen LogP contribution in [0, 0.1) is 5.82 Å². The average molecular weight is 238 g/mol. The van der Waals surface area contributed by atoms with E-state index in [2.05, 4.69) is 15.7 Å². The van der Waals surface area contributed by atoms with Crippen LogP contribution in [0.3, 0.4) is 0 Å². The summed E-state index contributed by atoms with van der Waals surface area (Å²) in [6.45, 7) is 3.44. The number of nitrogens with one attached hydrogen (secondary N) is 2. The molecule has 0 spiro atoms. The number of benzene rings is 1. The zero-order valence-electron chi connectivity index (χ0n) is 10.0. The van der Waals surface area contributed by atoms with Crippen LogP contribution in [0.25, 0.3) is 0 Å². The normalized spacial score (nSPS) is 11.4.